The summed E-state index contributed by atoms with van der Waals surface area (Å²) >= 11 is 13.3. The van der Waals surface area contributed by atoms with Crippen molar-refractivity contribution < 1.29 is 9.21 Å². The molecule has 4 aromatic rings. The average Bonchev–Trinajstić information content (AvgIpc) is 3.37. The van der Waals surface area contributed by atoms with Gasteiger partial charge in [-0.1, -0.05) is 64.8 Å². The zero-order valence-corrected chi connectivity index (χ0v) is 18.8. The summed E-state index contributed by atoms with van der Waals surface area (Å²) < 4.78 is 7.45. The normalized spacial score (nSPS) is 10.9. The van der Waals surface area contributed by atoms with E-state index >= 15 is 0 Å². The molecule has 1 amide bonds. The minimum Gasteiger partial charge on any atom is -0.467 e. The van der Waals surface area contributed by atoms with Crippen LogP contribution in [0.2, 0.25) is 10.0 Å². The zero-order chi connectivity index (χ0) is 21.8. The molecule has 0 fully saturated rings. The largest absolute Gasteiger partial charge is 0.467 e. The van der Waals surface area contributed by atoms with Gasteiger partial charge in [-0.3, -0.25) is 9.36 Å². The first-order valence-electron chi connectivity index (χ1n) is 9.39. The first-order valence-corrected chi connectivity index (χ1v) is 11.1. The molecule has 2 aromatic carbocycles. The highest BCUT2D eigenvalue weighted by Crippen LogP contribution is 2.27. The SMILES string of the molecule is Cc1ccc(-c2nnc(SCC(=O)Nc3cc(Cl)cc(Cl)c3)n2Cc2ccco2)cc1. The summed E-state index contributed by atoms with van der Waals surface area (Å²) in [5.41, 5.74) is 2.64. The number of amides is 1. The first kappa shape index (κ1) is 21.5. The van der Waals surface area contributed by atoms with Crippen molar-refractivity contribution in [1.82, 2.24) is 14.8 Å². The molecule has 0 spiro atoms. The molecule has 4 rings (SSSR count). The number of halogens is 2. The van der Waals surface area contributed by atoms with Crippen LogP contribution >= 0.6 is 35.0 Å². The van der Waals surface area contributed by atoms with Crippen molar-refractivity contribution in [2.24, 2.45) is 0 Å². The lowest BCUT2D eigenvalue weighted by atomic mass is 10.1. The molecule has 158 valence electrons. The maximum atomic E-state index is 12.5. The van der Waals surface area contributed by atoms with Gasteiger partial charge in [-0.15, -0.1) is 10.2 Å². The third-order valence-electron chi connectivity index (χ3n) is 4.40. The van der Waals surface area contributed by atoms with Crippen LogP contribution in [0.25, 0.3) is 11.4 Å². The molecule has 2 aromatic heterocycles. The van der Waals surface area contributed by atoms with Gasteiger partial charge in [-0.25, -0.2) is 0 Å². The van der Waals surface area contributed by atoms with E-state index in [-0.39, 0.29) is 11.7 Å². The number of furan rings is 1. The molecule has 0 saturated carbocycles. The third-order valence-corrected chi connectivity index (χ3v) is 5.80. The van der Waals surface area contributed by atoms with E-state index in [1.165, 1.54) is 11.8 Å². The predicted molar refractivity (Wildman–Crippen MR) is 124 cm³/mol. The van der Waals surface area contributed by atoms with Crippen LogP contribution in [-0.4, -0.2) is 26.4 Å². The Morgan fingerprint density at radius 2 is 1.84 bits per heavy atom. The Kier molecular flexibility index (Phi) is 6.65. The summed E-state index contributed by atoms with van der Waals surface area (Å²) in [6.07, 6.45) is 1.63. The van der Waals surface area contributed by atoms with E-state index in [9.17, 15) is 4.79 Å². The van der Waals surface area contributed by atoms with Crippen molar-refractivity contribution in [2.45, 2.75) is 18.6 Å². The number of anilines is 1. The van der Waals surface area contributed by atoms with E-state index in [0.717, 1.165) is 16.9 Å². The molecule has 31 heavy (non-hydrogen) atoms. The Morgan fingerprint density at radius 1 is 1.10 bits per heavy atom. The number of hydrogen-bond donors (Lipinski definition) is 1. The van der Waals surface area contributed by atoms with E-state index in [4.69, 9.17) is 27.6 Å². The summed E-state index contributed by atoms with van der Waals surface area (Å²) in [6.45, 7) is 2.49. The topological polar surface area (TPSA) is 73.0 Å². The van der Waals surface area contributed by atoms with E-state index in [1.54, 1.807) is 24.5 Å². The molecule has 1 N–H and O–H groups in total. The van der Waals surface area contributed by atoms with E-state index in [2.05, 4.69) is 15.5 Å². The van der Waals surface area contributed by atoms with Crippen molar-refractivity contribution in [3.05, 3.63) is 82.2 Å². The third kappa shape index (κ3) is 5.50. The lowest BCUT2D eigenvalue weighted by Crippen LogP contribution is -2.14. The van der Waals surface area contributed by atoms with Crippen molar-refractivity contribution >= 4 is 46.6 Å². The molecule has 2 heterocycles. The Hall–Kier alpha value is -2.74. The van der Waals surface area contributed by atoms with Gasteiger partial charge in [0.1, 0.15) is 5.76 Å². The maximum absolute atomic E-state index is 12.5. The lowest BCUT2D eigenvalue weighted by molar-refractivity contribution is -0.113. The second-order valence-electron chi connectivity index (χ2n) is 6.83. The highest BCUT2D eigenvalue weighted by Gasteiger charge is 2.17. The number of thioether (sulfide) groups is 1. The standard InChI is InChI=1S/C22H18Cl2N4O2S/c1-14-4-6-15(7-5-14)21-26-27-22(28(21)12-19-3-2-8-30-19)31-13-20(29)25-18-10-16(23)9-17(24)11-18/h2-11H,12-13H2,1H3,(H,25,29). The van der Waals surface area contributed by atoms with Gasteiger partial charge in [-0.05, 0) is 37.3 Å². The number of aryl methyl sites for hydroxylation is 1. The van der Waals surface area contributed by atoms with E-state index in [0.29, 0.717) is 33.3 Å². The van der Waals surface area contributed by atoms with E-state index < -0.39 is 0 Å². The number of carbonyl (C=O) groups excluding carboxylic acids is 1. The average molecular weight is 473 g/mol. The number of carbonyl (C=O) groups is 1. The Bertz CT molecular complexity index is 1170. The van der Waals surface area contributed by atoms with Crippen molar-refractivity contribution in [1.29, 1.82) is 0 Å². The van der Waals surface area contributed by atoms with Crippen LogP contribution in [-0.2, 0) is 11.3 Å². The number of aromatic nitrogens is 3. The van der Waals surface area contributed by atoms with Gasteiger partial charge in [0.25, 0.3) is 0 Å². The molecule has 9 heteroatoms. The second-order valence-corrected chi connectivity index (χ2v) is 8.65. The number of hydrogen-bond acceptors (Lipinski definition) is 5. The predicted octanol–water partition coefficient (Wildman–Crippen LogP) is 5.93. The summed E-state index contributed by atoms with van der Waals surface area (Å²) in [5, 5.41) is 13.0. The molecular weight excluding hydrogens is 455 g/mol. The fraction of sp³-hybridized carbons (Fsp3) is 0.136. The molecule has 0 aliphatic carbocycles. The van der Waals surface area contributed by atoms with Gasteiger partial charge in [0.2, 0.25) is 5.91 Å². The molecule has 0 aliphatic rings. The minimum absolute atomic E-state index is 0.147. The number of rotatable bonds is 7. The summed E-state index contributed by atoms with van der Waals surface area (Å²) in [5.74, 6) is 1.43. The first-order chi connectivity index (χ1) is 15.0. The van der Waals surface area contributed by atoms with Gasteiger partial charge in [0.05, 0.1) is 18.6 Å². The number of nitrogens with one attached hydrogen (secondary N) is 1. The van der Waals surface area contributed by atoms with Crippen molar-refractivity contribution in [3.8, 4) is 11.4 Å². The molecule has 6 nitrogen and oxygen atoms in total. The van der Waals surface area contributed by atoms with Gasteiger partial charge in [-0.2, -0.15) is 0 Å². The van der Waals surface area contributed by atoms with Crippen LogP contribution in [0.4, 0.5) is 5.69 Å². The quantitative estimate of drug-likeness (QED) is 0.337. The van der Waals surface area contributed by atoms with Crippen molar-refractivity contribution in [3.63, 3.8) is 0 Å². The number of benzene rings is 2. The van der Waals surface area contributed by atoms with Crippen LogP contribution in [0, 0.1) is 6.92 Å². The molecular formula is C22H18Cl2N4O2S. The van der Waals surface area contributed by atoms with Crippen LogP contribution < -0.4 is 5.32 Å². The molecule has 0 atom stereocenters. The molecule has 0 unspecified atom stereocenters. The van der Waals surface area contributed by atoms with Crippen LogP contribution in [0.15, 0.2) is 70.4 Å². The summed E-state index contributed by atoms with van der Waals surface area (Å²) in [4.78, 5) is 12.5. The van der Waals surface area contributed by atoms with Gasteiger partial charge in [0, 0.05) is 21.3 Å². The zero-order valence-electron chi connectivity index (χ0n) is 16.5. The van der Waals surface area contributed by atoms with E-state index in [1.807, 2.05) is 47.9 Å². The molecule has 0 aliphatic heterocycles. The van der Waals surface area contributed by atoms with Crippen LogP contribution in [0.5, 0.6) is 0 Å². The van der Waals surface area contributed by atoms with Crippen LogP contribution in [0.1, 0.15) is 11.3 Å². The molecule has 0 radical (unpaired) electrons. The number of nitrogens with zero attached hydrogens (tertiary/aromatic N) is 3. The minimum atomic E-state index is -0.201. The van der Waals surface area contributed by atoms with Gasteiger partial charge < -0.3 is 9.73 Å². The summed E-state index contributed by atoms with van der Waals surface area (Å²) in [6, 6.07) is 16.7. The van der Waals surface area contributed by atoms with Gasteiger partial charge in [0.15, 0.2) is 11.0 Å². The molecule has 0 saturated heterocycles. The fourth-order valence-corrected chi connectivity index (χ4v) is 4.23. The molecule has 0 bridgehead atoms. The Labute approximate surface area is 193 Å². The Morgan fingerprint density at radius 3 is 2.52 bits per heavy atom. The highest BCUT2D eigenvalue weighted by atomic mass is 35.5. The fourth-order valence-electron chi connectivity index (χ4n) is 2.97. The van der Waals surface area contributed by atoms with Crippen molar-refractivity contribution in [2.75, 3.05) is 11.1 Å². The lowest BCUT2D eigenvalue weighted by Gasteiger charge is -2.10. The second kappa shape index (κ2) is 9.60. The monoisotopic (exact) mass is 472 g/mol. The maximum Gasteiger partial charge on any atom is 0.234 e. The van der Waals surface area contributed by atoms with Crippen LogP contribution in [0.3, 0.4) is 0 Å². The smallest absolute Gasteiger partial charge is 0.234 e. The Balaban J connectivity index is 1.53. The van der Waals surface area contributed by atoms with Gasteiger partial charge >= 0.3 is 0 Å². The summed E-state index contributed by atoms with van der Waals surface area (Å²) in [7, 11) is 0. The highest BCUT2D eigenvalue weighted by molar-refractivity contribution is 7.99.